The zero-order chi connectivity index (χ0) is 15.8. The van der Waals surface area contributed by atoms with Crippen LogP contribution in [0.5, 0.6) is 0 Å². The zero-order valence-corrected chi connectivity index (χ0v) is 13.1. The number of nitrogen functional groups attached to an aromatic ring is 1. The third-order valence-corrected chi connectivity index (χ3v) is 3.40. The molecule has 1 aromatic carbocycles. The van der Waals surface area contributed by atoms with Crippen molar-refractivity contribution in [2.24, 2.45) is 0 Å². The predicted octanol–water partition coefficient (Wildman–Crippen LogP) is 2.77. The maximum absolute atomic E-state index is 12.0. The van der Waals surface area contributed by atoms with E-state index in [9.17, 15) is 9.59 Å². The lowest BCUT2D eigenvalue weighted by molar-refractivity contribution is -0.129. The van der Waals surface area contributed by atoms with E-state index in [0.717, 1.165) is 19.3 Å². The monoisotopic (exact) mass is 312 g/mol. The molecule has 0 spiro atoms. The average molecular weight is 313 g/mol. The Bertz CT molecular complexity index is 506. The summed E-state index contributed by atoms with van der Waals surface area (Å²) in [6, 6.07) is 4.70. The Kier molecular flexibility index (Phi) is 7.02. The van der Waals surface area contributed by atoms with Crippen molar-refractivity contribution in [3.05, 3.63) is 28.8 Å². The van der Waals surface area contributed by atoms with Gasteiger partial charge in [-0.1, -0.05) is 37.4 Å². The number of rotatable bonds is 7. The second kappa shape index (κ2) is 8.52. The van der Waals surface area contributed by atoms with Gasteiger partial charge in [0.2, 0.25) is 0 Å². The SMILES string of the molecule is CCCCCNC(=O)C(C)OC(=O)c1cccc(N)c1Cl. The number of carbonyl (C=O) groups excluding carboxylic acids is 2. The Morgan fingerprint density at radius 2 is 2.10 bits per heavy atom. The quantitative estimate of drug-likeness (QED) is 0.461. The molecule has 0 fully saturated rings. The van der Waals surface area contributed by atoms with Gasteiger partial charge in [0.1, 0.15) is 0 Å². The average Bonchev–Trinajstić information content (AvgIpc) is 2.46. The highest BCUT2D eigenvalue weighted by molar-refractivity contribution is 6.36. The van der Waals surface area contributed by atoms with E-state index >= 15 is 0 Å². The van der Waals surface area contributed by atoms with E-state index in [2.05, 4.69) is 12.2 Å². The highest BCUT2D eigenvalue weighted by atomic mass is 35.5. The van der Waals surface area contributed by atoms with Gasteiger partial charge >= 0.3 is 5.97 Å². The number of benzene rings is 1. The molecule has 0 saturated heterocycles. The highest BCUT2D eigenvalue weighted by Crippen LogP contribution is 2.23. The van der Waals surface area contributed by atoms with Gasteiger partial charge in [0.25, 0.3) is 5.91 Å². The number of anilines is 1. The topological polar surface area (TPSA) is 81.4 Å². The summed E-state index contributed by atoms with van der Waals surface area (Å²) < 4.78 is 5.10. The molecule has 0 aromatic heterocycles. The number of unbranched alkanes of at least 4 members (excludes halogenated alkanes) is 2. The largest absolute Gasteiger partial charge is 0.449 e. The number of halogens is 1. The Hall–Kier alpha value is -1.75. The highest BCUT2D eigenvalue weighted by Gasteiger charge is 2.20. The normalized spacial score (nSPS) is 11.8. The van der Waals surface area contributed by atoms with Gasteiger partial charge in [-0.25, -0.2) is 4.79 Å². The lowest BCUT2D eigenvalue weighted by Gasteiger charge is -2.14. The molecule has 3 N–H and O–H groups in total. The van der Waals surface area contributed by atoms with Crippen molar-refractivity contribution in [2.45, 2.75) is 39.2 Å². The van der Waals surface area contributed by atoms with Crippen LogP contribution in [0, 0.1) is 0 Å². The van der Waals surface area contributed by atoms with Crippen LogP contribution in [-0.2, 0) is 9.53 Å². The molecule has 1 rings (SSSR count). The molecular weight excluding hydrogens is 292 g/mol. The van der Waals surface area contributed by atoms with Crippen molar-refractivity contribution in [1.82, 2.24) is 5.32 Å². The second-order valence-electron chi connectivity index (χ2n) is 4.75. The summed E-state index contributed by atoms with van der Waals surface area (Å²) in [6.45, 7) is 4.18. The first-order chi connectivity index (χ1) is 9.97. The molecule has 1 aromatic rings. The molecule has 0 saturated carbocycles. The summed E-state index contributed by atoms with van der Waals surface area (Å²) in [5.41, 5.74) is 6.07. The molecule has 0 aliphatic carbocycles. The number of esters is 1. The van der Waals surface area contributed by atoms with Crippen LogP contribution in [0.25, 0.3) is 0 Å². The summed E-state index contributed by atoms with van der Waals surface area (Å²) in [7, 11) is 0. The lowest BCUT2D eigenvalue weighted by Crippen LogP contribution is -2.36. The van der Waals surface area contributed by atoms with Gasteiger partial charge in [-0.05, 0) is 25.5 Å². The van der Waals surface area contributed by atoms with E-state index in [0.29, 0.717) is 12.2 Å². The Balaban J connectivity index is 2.53. The smallest absolute Gasteiger partial charge is 0.340 e. The Morgan fingerprint density at radius 3 is 2.76 bits per heavy atom. The first-order valence-electron chi connectivity index (χ1n) is 7.00. The number of amides is 1. The molecule has 0 heterocycles. The van der Waals surface area contributed by atoms with E-state index in [1.807, 2.05) is 0 Å². The van der Waals surface area contributed by atoms with E-state index in [-0.39, 0.29) is 16.5 Å². The third-order valence-electron chi connectivity index (χ3n) is 2.98. The molecule has 116 valence electrons. The fraction of sp³-hybridized carbons (Fsp3) is 0.467. The van der Waals surface area contributed by atoms with Crippen LogP contribution in [0.4, 0.5) is 5.69 Å². The molecule has 21 heavy (non-hydrogen) atoms. The number of nitrogens with one attached hydrogen (secondary N) is 1. The van der Waals surface area contributed by atoms with Crippen LogP contribution in [0.15, 0.2) is 18.2 Å². The van der Waals surface area contributed by atoms with Crippen LogP contribution < -0.4 is 11.1 Å². The molecule has 5 nitrogen and oxygen atoms in total. The van der Waals surface area contributed by atoms with Crippen molar-refractivity contribution in [1.29, 1.82) is 0 Å². The standard InChI is InChI=1S/C15H21ClN2O3/c1-3-4-5-9-18-14(19)10(2)21-15(20)11-7-6-8-12(17)13(11)16/h6-8,10H,3-5,9,17H2,1-2H3,(H,18,19). The van der Waals surface area contributed by atoms with Gasteiger partial charge in [0.15, 0.2) is 6.10 Å². The summed E-state index contributed by atoms with van der Waals surface area (Å²) in [5, 5.41) is 2.86. The first kappa shape index (κ1) is 17.3. The summed E-state index contributed by atoms with van der Waals surface area (Å²) in [4.78, 5) is 23.7. The van der Waals surface area contributed by atoms with Crippen molar-refractivity contribution in [2.75, 3.05) is 12.3 Å². The van der Waals surface area contributed by atoms with E-state index in [4.69, 9.17) is 22.1 Å². The van der Waals surface area contributed by atoms with Crippen LogP contribution in [-0.4, -0.2) is 24.5 Å². The van der Waals surface area contributed by atoms with Crippen LogP contribution >= 0.6 is 11.6 Å². The van der Waals surface area contributed by atoms with Gasteiger partial charge in [0.05, 0.1) is 16.3 Å². The van der Waals surface area contributed by atoms with Crippen molar-refractivity contribution >= 4 is 29.2 Å². The first-order valence-corrected chi connectivity index (χ1v) is 7.37. The van der Waals surface area contributed by atoms with E-state index in [1.54, 1.807) is 12.1 Å². The van der Waals surface area contributed by atoms with E-state index in [1.165, 1.54) is 13.0 Å². The molecular formula is C15H21ClN2O3. The summed E-state index contributed by atoms with van der Waals surface area (Å²) in [6.07, 6.45) is 2.16. The molecule has 1 unspecified atom stereocenters. The van der Waals surface area contributed by atoms with Gasteiger partial charge in [-0.2, -0.15) is 0 Å². The summed E-state index contributed by atoms with van der Waals surface area (Å²) in [5.74, 6) is -0.983. The number of carbonyl (C=O) groups is 2. The minimum Gasteiger partial charge on any atom is -0.449 e. The fourth-order valence-electron chi connectivity index (χ4n) is 1.72. The third kappa shape index (κ3) is 5.27. The van der Waals surface area contributed by atoms with Crippen LogP contribution in [0.1, 0.15) is 43.5 Å². The van der Waals surface area contributed by atoms with Crippen molar-refractivity contribution in [3.8, 4) is 0 Å². The van der Waals surface area contributed by atoms with Gasteiger partial charge in [0, 0.05) is 6.54 Å². The summed E-state index contributed by atoms with van der Waals surface area (Å²) >= 11 is 5.94. The number of ether oxygens (including phenoxy) is 1. The maximum atomic E-state index is 12.0. The van der Waals surface area contributed by atoms with Crippen molar-refractivity contribution in [3.63, 3.8) is 0 Å². The van der Waals surface area contributed by atoms with Crippen LogP contribution in [0.3, 0.4) is 0 Å². The molecule has 1 amide bonds. The molecule has 6 heteroatoms. The van der Waals surface area contributed by atoms with Gasteiger partial charge < -0.3 is 15.8 Å². The minimum atomic E-state index is -0.878. The molecule has 0 radical (unpaired) electrons. The number of nitrogens with two attached hydrogens (primary N) is 1. The zero-order valence-electron chi connectivity index (χ0n) is 12.3. The van der Waals surface area contributed by atoms with Gasteiger partial charge in [-0.15, -0.1) is 0 Å². The minimum absolute atomic E-state index is 0.137. The Morgan fingerprint density at radius 1 is 1.38 bits per heavy atom. The van der Waals surface area contributed by atoms with Crippen LogP contribution in [0.2, 0.25) is 5.02 Å². The number of hydrogen-bond acceptors (Lipinski definition) is 4. The number of hydrogen-bond donors (Lipinski definition) is 2. The predicted molar refractivity (Wildman–Crippen MR) is 83.3 cm³/mol. The Labute approximate surface area is 129 Å². The fourth-order valence-corrected chi connectivity index (χ4v) is 1.92. The molecule has 1 atom stereocenters. The second-order valence-corrected chi connectivity index (χ2v) is 5.13. The molecule has 0 aliphatic rings. The molecule has 0 bridgehead atoms. The maximum Gasteiger partial charge on any atom is 0.340 e. The van der Waals surface area contributed by atoms with E-state index < -0.39 is 12.1 Å². The molecule has 0 aliphatic heterocycles. The van der Waals surface area contributed by atoms with Gasteiger partial charge in [-0.3, -0.25) is 4.79 Å². The van der Waals surface area contributed by atoms with Crippen molar-refractivity contribution < 1.29 is 14.3 Å². The lowest BCUT2D eigenvalue weighted by atomic mass is 10.2.